The summed E-state index contributed by atoms with van der Waals surface area (Å²) in [7, 11) is 5.51. The van der Waals surface area contributed by atoms with Crippen LogP contribution in [0.2, 0.25) is 0 Å². The fourth-order valence-corrected chi connectivity index (χ4v) is 3.73. The topological polar surface area (TPSA) is 79.4 Å². The molecule has 2 N–H and O–H groups in total. The number of halogens is 1. The molecule has 1 amide bonds. The van der Waals surface area contributed by atoms with Gasteiger partial charge in [-0.3, -0.25) is 4.79 Å². The Kier molecular flexibility index (Phi) is 6.72. The number of ether oxygens (including phenoxy) is 1. The van der Waals surface area contributed by atoms with Crippen molar-refractivity contribution in [2.75, 3.05) is 31.4 Å². The van der Waals surface area contributed by atoms with Crippen molar-refractivity contribution in [3.05, 3.63) is 40.5 Å². The smallest absolute Gasteiger partial charge is 0.252 e. The largest absolute Gasteiger partial charge is 0.497 e. The zero-order valence-electron chi connectivity index (χ0n) is 16.4. The minimum absolute atomic E-state index is 0.0794. The number of hydrogen-bond donors (Lipinski definition) is 2. The molecular weight excluding hydrogens is 422 g/mol. The number of nitrogens with one attached hydrogen (secondary N) is 2. The molecule has 0 spiro atoms. The molecule has 1 fully saturated rings. The number of rotatable bonds is 6. The summed E-state index contributed by atoms with van der Waals surface area (Å²) in [6.45, 7) is 0. The van der Waals surface area contributed by atoms with Crippen LogP contribution in [0, 0.1) is 0 Å². The normalized spacial score (nSPS) is 19.0. The van der Waals surface area contributed by atoms with Gasteiger partial charge in [0, 0.05) is 36.8 Å². The Bertz CT molecular complexity index is 822. The Hall–Kier alpha value is -2.35. The highest BCUT2D eigenvalue weighted by Crippen LogP contribution is 2.25. The molecule has 1 aromatic carbocycles. The van der Waals surface area contributed by atoms with Crippen molar-refractivity contribution < 1.29 is 9.53 Å². The van der Waals surface area contributed by atoms with Crippen LogP contribution in [0.1, 0.15) is 36.0 Å². The van der Waals surface area contributed by atoms with Crippen molar-refractivity contribution in [2.24, 2.45) is 0 Å². The molecule has 3 rings (SSSR count). The maximum Gasteiger partial charge on any atom is 0.252 e. The van der Waals surface area contributed by atoms with Gasteiger partial charge in [-0.1, -0.05) is 0 Å². The lowest BCUT2D eigenvalue weighted by Gasteiger charge is -2.30. The van der Waals surface area contributed by atoms with Crippen LogP contribution in [-0.2, 0) is 0 Å². The first-order valence-corrected chi connectivity index (χ1v) is 10.2. The van der Waals surface area contributed by atoms with Gasteiger partial charge in [0.25, 0.3) is 5.91 Å². The molecule has 1 aromatic heterocycles. The molecule has 28 heavy (non-hydrogen) atoms. The average Bonchev–Trinajstić information content (AvgIpc) is 2.70. The predicted octanol–water partition coefficient (Wildman–Crippen LogP) is 3.47. The summed E-state index contributed by atoms with van der Waals surface area (Å²) in [5, 5.41) is 6.57. The second kappa shape index (κ2) is 9.23. The SMILES string of the molecule is COc1ccc(Br)c(C(=O)NC2CCC(Nc3nccc(N(C)C)n3)CC2)c1. The molecule has 2 aromatic rings. The molecule has 1 aliphatic carbocycles. The van der Waals surface area contributed by atoms with E-state index >= 15 is 0 Å². The fourth-order valence-electron chi connectivity index (χ4n) is 3.30. The highest BCUT2D eigenvalue weighted by molar-refractivity contribution is 9.10. The summed E-state index contributed by atoms with van der Waals surface area (Å²) >= 11 is 3.44. The predicted molar refractivity (Wildman–Crippen MR) is 114 cm³/mol. The van der Waals surface area contributed by atoms with Crippen LogP contribution in [0.15, 0.2) is 34.9 Å². The lowest BCUT2D eigenvalue weighted by molar-refractivity contribution is 0.0925. The van der Waals surface area contributed by atoms with Gasteiger partial charge < -0.3 is 20.3 Å². The maximum atomic E-state index is 12.6. The molecule has 1 aliphatic rings. The number of nitrogens with zero attached hydrogens (tertiary/aromatic N) is 3. The minimum atomic E-state index is -0.0794. The molecule has 7 nitrogen and oxygen atoms in total. The van der Waals surface area contributed by atoms with Crippen LogP contribution in [-0.4, -0.2) is 49.2 Å². The molecule has 0 unspecified atom stereocenters. The summed E-state index contributed by atoms with van der Waals surface area (Å²) in [5.41, 5.74) is 0.591. The summed E-state index contributed by atoms with van der Waals surface area (Å²) < 4.78 is 5.98. The van der Waals surface area contributed by atoms with E-state index in [1.54, 1.807) is 19.4 Å². The number of carbonyl (C=O) groups is 1. The molecule has 0 bridgehead atoms. The Labute approximate surface area is 174 Å². The monoisotopic (exact) mass is 447 g/mol. The molecule has 1 heterocycles. The van der Waals surface area contributed by atoms with E-state index in [9.17, 15) is 4.79 Å². The first-order valence-electron chi connectivity index (χ1n) is 9.37. The van der Waals surface area contributed by atoms with E-state index in [-0.39, 0.29) is 11.9 Å². The van der Waals surface area contributed by atoms with Crippen LogP contribution in [0.3, 0.4) is 0 Å². The van der Waals surface area contributed by atoms with E-state index in [0.29, 0.717) is 23.3 Å². The van der Waals surface area contributed by atoms with E-state index in [0.717, 1.165) is 36.0 Å². The molecule has 0 radical (unpaired) electrons. The second-order valence-corrected chi connectivity index (χ2v) is 8.00. The Morgan fingerprint density at radius 2 is 1.89 bits per heavy atom. The van der Waals surface area contributed by atoms with Gasteiger partial charge in [0.2, 0.25) is 5.95 Å². The lowest BCUT2D eigenvalue weighted by Crippen LogP contribution is -2.40. The molecule has 0 saturated heterocycles. The van der Waals surface area contributed by atoms with Crippen LogP contribution in [0.5, 0.6) is 5.75 Å². The summed E-state index contributed by atoms with van der Waals surface area (Å²) in [6, 6.07) is 7.77. The van der Waals surface area contributed by atoms with E-state index in [4.69, 9.17) is 4.74 Å². The Morgan fingerprint density at radius 1 is 1.18 bits per heavy atom. The van der Waals surface area contributed by atoms with Gasteiger partial charge in [0.1, 0.15) is 11.6 Å². The molecule has 8 heteroatoms. The van der Waals surface area contributed by atoms with Crippen LogP contribution < -0.4 is 20.3 Å². The number of methoxy groups -OCH3 is 1. The maximum absolute atomic E-state index is 12.6. The van der Waals surface area contributed by atoms with E-state index < -0.39 is 0 Å². The summed E-state index contributed by atoms with van der Waals surface area (Å²) in [6.07, 6.45) is 5.51. The van der Waals surface area contributed by atoms with Crippen molar-refractivity contribution in [1.29, 1.82) is 0 Å². The van der Waals surface area contributed by atoms with Crippen LogP contribution in [0.4, 0.5) is 11.8 Å². The fraction of sp³-hybridized carbons (Fsp3) is 0.450. The van der Waals surface area contributed by atoms with Gasteiger partial charge in [0.05, 0.1) is 12.7 Å². The number of benzene rings is 1. The van der Waals surface area contributed by atoms with Crippen molar-refractivity contribution in [3.63, 3.8) is 0 Å². The highest BCUT2D eigenvalue weighted by Gasteiger charge is 2.24. The Morgan fingerprint density at radius 3 is 2.57 bits per heavy atom. The molecule has 150 valence electrons. The molecule has 0 atom stereocenters. The van der Waals surface area contributed by atoms with Crippen LogP contribution in [0.25, 0.3) is 0 Å². The van der Waals surface area contributed by atoms with Crippen molar-refractivity contribution >= 4 is 33.6 Å². The number of anilines is 2. The third-order valence-corrected chi connectivity index (χ3v) is 5.60. The zero-order valence-corrected chi connectivity index (χ0v) is 18.0. The van der Waals surface area contributed by atoms with E-state index in [2.05, 4.69) is 36.5 Å². The van der Waals surface area contributed by atoms with Gasteiger partial charge in [-0.05, 0) is 65.9 Å². The van der Waals surface area contributed by atoms with Crippen LogP contribution >= 0.6 is 15.9 Å². The van der Waals surface area contributed by atoms with E-state index in [1.807, 2.05) is 37.2 Å². The molecule has 0 aliphatic heterocycles. The van der Waals surface area contributed by atoms with E-state index in [1.165, 1.54) is 0 Å². The number of carbonyl (C=O) groups excluding carboxylic acids is 1. The third-order valence-electron chi connectivity index (χ3n) is 4.91. The first kappa shape index (κ1) is 20.4. The summed E-state index contributed by atoms with van der Waals surface area (Å²) in [5.74, 6) is 2.12. The van der Waals surface area contributed by atoms with Gasteiger partial charge in [-0.25, -0.2) is 4.98 Å². The van der Waals surface area contributed by atoms with Gasteiger partial charge in [-0.2, -0.15) is 4.98 Å². The van der Waals surface area contributed by atoms with Gasteiger partial charge in [0.15, 0.2) is 0 Å². The number of amides is 1. The number of hydrogen-bond acceptors (Lipinski definition) is 6. The quantitative estimate of drug-likeness (QED) is 0.705. The van der Waals surface area contributed by atoms with Crippen molar-refractivity contribution in [3.8, 4) is 5.75 Å². The molecular formula is C20H26BrN5O2. The second-order valence-electron chi connectivity index (χ2n) is 7.14. The minimum Gasteiger partial charge on any atom is -0.497 e. The first-order chi connectivity index (χ1) is 13.5. The van der Waals surface area contributed by atoms with Gasteiger partial charge >= 0.3 is 0 Å². The van der Waals surface area contributed by atoms with Crippen molar-refractivity contribution in [2.45, 2.75) is 37.8 Å². The highest BCUT2D eigenvalue weighted by atomic mass is 79.9. The van der Waals surface area contributed by atoms with Gasteiger partial charge in [-0.15, -0.1) is 0 Å². The summed E-state index contributed by atoms with van der Waals surface area (Å²) in [4.78, 5) is 23.4. The molecule has 1 saturated carbocycles. The standard InChI is InChI=1S/C20H26BrN5O2/c1-26(2)18-10-11-22-20(25-18)24-14-6-4-13(5-7-14)23-19(27)16-12-15(28-3)8-9-17(16)21/h8-14H,4-7H2,1-3H3,(H,23,27)(H,22,24,25). The average molecular weight is 448 g/mol. The lowest BCUT2D eigenvalue weighted by atomic mass is 9.91. The third kappa shape index (κ3) is 5.13. The number of aromatic nitrogens is 2. The zero-order chi connectivity index (χ0) is 20.1. The van der Waals surface area contributed by atoms with Crippen molar-refractivity contribution in [1.82, 2.24) is 15.3 Å². The Balaban J connectivity index is 1.53.